The molecule has 0 aliphatic rings. The van der Waals surface area contributed by atoms with Crippen LogP contribution in [0.3, 0.4) is 0 Å². The molecule has 0 radical (unpaired) electrons. The van der Waals surface area contributed by atoms with Gasteiger partial charge in [-0.15, -0.1) is 29.8 Å². The molecular formula is C44H56NO6Pt-. The zero-order chi connectivity index (χ0) is 36.5. The Hall–Kier alpha value is -3.90. The zero-order valence-corrected chi connectivity index (χ0v) is 33.1. The summed E-state index contributed by atoms with van der Waals surface area (Å²) >= 11 is 0. The molecule has 4 rings (SSSR count). The van der Waals surface area contributed by atoms with Gasteiger partial charge in [0.05, 0.1) is 51.2 Å². The molecule has 0 fully saturated rings. The molecule has 0 aliphatic carbocycles. The summed E-state index contributed by atoms with van der Waals surface area (Å²) in [5.41, 5.74) is 6.28. The molecule has 0 spiro atoms. The molecule has 4 aromatic rings. The Morgan fingerprint density at radius 3 is 1.42 bits per heavy atom. The van der Waals surface area contributed by atoms with Crippen LogP contribution in [0.4, 0.5) is 0 Å². The fourth-order valence-corrected chi connectivity index (χ4v) is 5.30. The molecular weight excluding hydrogens is 834 g/mol. The number of benzene rings is 3. The molecule has 3 aromatic carbocycles. The number of ether oxygens (including phenoxy) is 4. The van der Waals surface area contributed by atoms with Crippen molar-refractivity contribution in [3.8, 4) is 45.0 Å². The normalized spacial score (nSPS) is 11.5. The van der Waals surface area contributed by atoms with Crippen LogP contribution in [-0.4, -0.2) is 53.8 Å². The molecule has 0 saturated carbocycles. The van der Waals surface area contributed by atoms with E-state index in [0.29, 0.717) is 6.42 Å². The Balaban J connectivity index is 0.00000106. The molecule has 52 heavy (non-hydrogen) atoms. The maximum Gasteiger partial charge on any atom is 0.119 e. The number of nitrogens with zero attached hydrogens (tertiary/aromatic N) is 1. The molecule has 0 bridgehead atoms. The Morgan fingerprint density at radius 2 is 1.04 bits per heavy atom. The minimum atomic E-state index is -0.375. The van der Waals surface area contributed by atoms with Gasteiger partial charge in [-0.1, -0.05) is 60.7 Å². The van der Waals surface area contributed by atoms with Crippen LogP contribution in [0.25, 0.3) is 33.5 Å². The first-order valence-corrected chi connectivity index (χ1v) is 18.2. The maximum atomic E-state index is 8.56. The Labute approximate surface area is 326 Å². The van der Waals surface area contributed by atoms with Gasteiger partial charge < -0.3 is 34.1 Å². The predicted octanol–water partition coefficient (Wildman–Crippen LogP) is 10.2. The van der Waals surface area contributed by atoms with Gasteiger partial charge in [-0.2, -0.15) is 0 Å². The smallest absolute Gasteiger partial charge is 0.119 e. The topological polar surface area (TPSA) is 90.3 Å². The summed E-state index contributed by atoms with van der Waals surface area (Å²) in [7, 11) is 0. The van der Waals surface area contributed by atoms with Gasteiger partial charge in [-0.25, -0.2) is 0 Å². The summed E-state index contributed by atoms with van der Waals surface area (Å²) in [5, 5.41) is 17.1. The van der Waals surface area contributed by atoms with Crippen LogP contribution in [0, 0.1) is 6.07 Å². The molecule has 7 nitrogen and oxygen atoms in total. The van der Waals surface area contributed by atoms with Crippen molar-refractivity contribution < 1.29 is 50.2 Å². The number of unbranched alkanes of at least 4 members (excludes halogenated alkanes) is 6. The van der Waals surface area contributed by atoms with Crippen molar-refractivity contribution in [1.82, 2.24) is 4.98 Å². The summed E-state index contributed by atoms with van der Waals surface area (Å²) in [5.74, 6) is 1.79. The quantitative estimate of drug-likeness (QED) is 0.0436. The van der Waals surface area contributed by atoms with Crippen LogP contribution in [0.15, 0.2) is 111 Å². The fourth-order valence-electron chi connectivity index (χ4n) is 5.30. The molecule has 0 saturated heterocycles. The van der Waals surface area contributed by atoms with E-state index >= 15 is 0 Å². The molecule has 1 heterocycles. The first-order chi connectivity index (χ1) is 24.9. The van der Waals surface area contributed by atoms with E-state index in [0.717, 1.165) is 123 Å². The number of rotatable bonds is 23. The number of aliphatic hydroxyl groups is 2. The van der Waals surface area contributed by atoms with Crippen LogP contribution in [0.1, 0.15) is 71.6 Å². The second kappa shape index (κ2) is 26.8. The van der Waals surface area contributed by atoms with Crippen LogP contribution in [0.2, 0.25) is 0 Å². The molecule has 8 heteroatoms. The predicted molar refractivity (Wildman–Crippen MR) is 208 cm³/mol. The second-order valence-corrected chi connectivity index (χ2v) is 12.5. The number of hydrogen-bond donors (Lipinski definition) is 2. The SMILES string of the molecule is C=COCCCCCCOc1ccc(-c2c[c-]c(-c3ccc(-c4ccc(OCCCCCCOC=C)cc4)cn3)cc2)cc1.CC(O)CC(C)O.[Pt]. The van der Waals surface area contributed by atoms with Gasteiger partial charge >= 0.3 is 0 Å². The van der Waals surface area contributed by atoms with E-state index in [1.165, 1.54) is 12.5 Å². The van der Waals surface area contributed by atoms with Crippen molar-refractivity contribution in [1.29, 1.82) is 0 Å². The van der Waals surface area contributed by atoms with E-state index in [1.807, 2.05) is 42.6 Å². The first-order valence-electron chi connectivity index (χ1n) is 18.2. The standard InChI is InChI=1S/C39H44NO4.C5H12O2.Pt/c1-3-41-27-9-5-7-11-29-43-37-22-17-33(18-23-37)32-13-15-35(16-14-32)39-26-21-36(31-40-39)34-19-24-38(25-20-34)44-30-12-8-6-10-28-42-4-2;1-4(6)3-5(2)7;/h3-4,13-15,17-26,31H,1-2,5-12,27-30H2;4-7H,3H2,1-2H3;/q-1;;. The van der Waals surface area contributed by atoms with Gasteiger partial charge in [0.15, 0.2) is 0 Å². The van der Waals surface area contributed by atoms with Gasteiger partial charge in [0.2, 0.25) is 0 Å². The molecule has 1 aromatic heterocycles. The number of aliphatic hydroxyl groups excluding tert-OH is 2. The van der Waals surface area contributed by atoms with Crippen LogP contribution in [0.5, 0.6) is 11.5 Å². The summed E-state index contributed by atoms with van der Waals surface area (Å²) < 4.78 is 22.1. The average molecular weight is 890 g/mol. The summed E-state index contributed by atoms with van der Waals surface area (Å²) in [4.78, 5) is 4.72. The molecule has 2 N–H and O–H groups in total. The number of pyridine rings is 1. The number of hydrogen-bond acceptors (Lipinski definition) is 7. The van der Waals surface area contributed by atoms with Crippen molar-refractivity contribution in [2.75, 3.05) is 26.4 Å². The monoisotopic (exact) mass is 889 g/mol. The Bertz CT molecular complexity index is 1380. The largest absolute Gasteiger partial charge is 0.502 e. The van der Waals surface area contributed by atoms with Gasteiger partial charge in [0.25, 0.3) is 0 Å². The van der Waals surface area contributed by atoms with E-state index in [4.69, 9.17) is 34.1 Å². The minimum absolute atomic E-state index is 0. The van der Waals surface area contributed by atoms with Gasteiger partial charge in [0, 0.05) is 27.3 Å². The third-order valence-electron chi connectivity index (χ3n) is 8.00. The van der Waals surface area contributed by atoms with E-state index in [-0.39, 0.29) is 33.3 Å². The average Bonchev–Trinajstić information content (AvgIpc) is 3.14. The van der Waals surface area contributed by atoms with Gasteiger partial charge in [-0.3, -0.25) is 0 Å². The van der Waals surface area contributed by atoms with E-state index in [2.05, 4.69) is 61.7 Å². The van der Waals surface area contributed by atoms with Crippen molar-refractivity contribution in [2.24, 2.45) is 0 Å². The van der Waals surface area contributed by atoms with Gasteiger partial charge in [0.1, 0.15) is 11.5 Å². The molecule has 0 amide bonds. The van der Waals surface area contributed by atoms with Crippen molar-refractivity contribution in [2.45, 2.75) is 83.8 Å². The Kier molecular flexibility index (Phi) is 22.8. The van der Waals surface area contributed by atoms with E-state index < -0.39 is 0 Å². The van der Waals surface area contributed by atoms with Crippen LogP contribution in [-0.2, 0) is 30.5 Å². The van der Waals surface area contributed by atoms with E-state index in [9.17, 15) is 0 Å². The minimum Gasteiger partial charge on any atom is -0.502 e. The molecule has 284 valence electrons. The van der Waals surface area contributed by atoms with Crippen molar-refractivity contribution in [3.05, 3.63) is 117 Å². The summed E-state index contributed by atoms with van der Waals surface area (Å²) in [6.45, 7) is 13.4. The molecule has 2 unspecified atom stereocenters. The third kappa shape index (κ3) is 18.0. The summed E-state index contributed by atoms with van der Waals surface area (Å²) in [6.07, 6.45) is 13.4. The first kappa shape index (κ1) is 44.3. The fraction of sp³-hybridized carbons (Fsp3) is 0.386. The number of aromatic nitrogens is 1. The van der Waals surface area contributed by atoms with Gasteiger partial charge in [-0.05, 0) is 113 Å². The van der Waals surface area contributed by atoms with Crippen LogP contribution >= 0.6 is 0 Å². The second-order valence-electron chi connectivity index (χ2n) is 12.5. The third-order valence-corrected chi connectivity index (χ3v) is 8.00. The summed E-state index contributed by atoms with van der Waals surface area (Å²) in [6, 6.07) is 30.2. The molecule has 0 aliphatic heterocycles. The molecule has 2 atom stereocenters. The maximum absolute atomic E-state index is 8.56. The van der Waals surface area contributed by atoms with E-state index in [1.54, 1.807) is 13.8 Å². The van der Waals surface area contributed by atoms with Crippen molar-refractivity contribution in [3.63, 3.8) is 0 Å². The zero-order valence-electron chi connectivity index (χ0n) is 30.8. The van der Waals surface area contributed by atoms with Crippen LogP contribution < -0.4 is 9.47 Å². The van der Waals surface area contributed by atoms with Crippen molar-refractivity contribution >= 4 is 0 Å². The Morgan fingerprint density at radius 1 is 0.596 bits per heavy atom.